The Labute approximate surface area is 88.7 Å². The SMILES string of the molecule is COCCCc1cc2ccscc-2c1. The van der Waals surface area contributed by atoms with Crippen LogP contribution in [0.5, 0.6) is 0 Å². The van der Waals surface area contributed by atoms with Gasteiger partial charge in [0, 0.05) is 13.7 Å². The standard InChI is InChI=1S/C12H14OS/c1-13-5-2-3-10-7-11-4-6-14-9-12(11)8-10/h4,6-9H,2-3,5H2,1H3. The molecule has 1 aliphatic heterocycles. The number of fused-ring (bicyclic) bond motifs is 1. The van der Waals surface area contributed by atoms with Crippen LogP contribution in [0.25, 0.3) is 11.1 Å². The lowest BCUT2D eigenvalue weighted by atomic mass is 10.2. The van der Waals surface area contributed by atoms with Crippen molar-refractivity contribution in [1.82, 2.24) is 0 Å². The van der Waals surface area contributed by atoms with E-state index in [-0.39, 0.29) is 0 Å². The molecule has 2 heteroatoms. The number of ether oxygens (including phenoxy) is 1. The van der Waals surface area contributed by atoms with Crippen molar-refractivity contribution in [2.24, 2.45) is 0 Å². The molecule has 0 amide bonds. The minimum Gasteiger partial charge on any atom is -0.385 e. The molecule has 2 rings (SSSR count). The molecule has 0 bridgehead atoms. The van der Waals surface area contributed by atoms with Crippen molar-refractivity contribution < 1.29 is 4.74 Å². The van der Waals surface area contributed by atoms with Gasteiger partial charge < -0.3 is 4.74 Å². The highest BCUT2D eigenvalue weighted by molar-refractivity contribution is 7.07. The van der Waals surface area contributed by atoms with Crippen molar-refractivity contribution in [3.63, 3.8) is 0 Å². The highest BCUT2D eigenvalue weighted by Gasteiger charge is 2.04. The second kappa shape index (κ2) is 4.58. The molecule has 0 aromatic rings. The first-order chi connectivity index (χ1) is 6.90. The van der Waals surface area contributed by atoms with Gasteiger partial charge in [0.15, 0.2) is 0 Å². The summed E-state index contributed by atoms with van der Waals surface area (Å²) in [6, 6.07) is 6.74. The van der Waals surface area contributed by atoms with Crippen LogP contribution >= 0.6 is 11.3 Å². The number of hydrogen-bond donors (Lipinski definition) is 0. The highest BCUT2D eigenvalue weighted by atomic mass is 32.1. The van der Waals surface area contributed by atoms with Gasteiger partial charge in [0.2, 0.25) is 0 Å². The maximum atomic E-state index is 5.04. The summed E-state index contributed by atoms with van der Waals surface area (Å²) in [7, 11) is 1.75. The van der Waals surface area contributed by atoms with Gasteiger partial charge in [-0.15, -0.1) is 0 Å². The number of methoxy groups -OCH3 is 1. The summed E-state index contributed by atoms with van der Waals surface area (Å²) in [4.78, 5) is 0. The summed E-state index contributed by atoms with van der Waals surface area (Å²) < 4.78 is 5.04. The van der Waals surface area contributed by atoms with Crippen molar-refractivity contribution in [2.75, 3.05) is 13.7 Å². The third kappa shape index (κ3) is 2.14. The lowest BCUT2D eigenvalue weighted by molar-refractivity contribution is 0.195. The molecule has 0 unspecified atom stereocenters. The molecule has 14 heavy (non-hydrogen) atoms. The Morgan fingerprint density at radius 3 is 2.93 bits per heavy atom. The molecule has 1 aliphatic carbocycles. The van der Waals surface area contributed by atoms with Crippen LogP contribution in [-0.2, 0) is 11.2 Å². The quantitative estimate of drug-likeness (QED) is 0.696. The van der Waals surface area contributed by atoms with E-state index in [1.807, 2.05) is 0 Å². The summed E-state index contributed by atoms with van der Waals surface area (Å²) >= 11 is 1.75. The smallest absolute Gasteiger partial charge is 0.0465 e. The molecule has 0 aromatic carbocycles. The van der Waals surface area contributed by atoms with Gasteiger partial charge in [-0.05, 0) is 46.4 Å². The Bertz CT molecular complexity index is 337. The molecule has 0 radical (unpaired) electrons. The summed E-state index contributed by atoms with van der Waals surface area (Å²) in [6.45, 7) is 0.851. The number of aryl methyl sites for hydroxylation is 1. The maximum absolute atomic E-state index is 5.04. The van der Waals surface area contributed by atoms with Crippen LogP contribution in [0.1, 0.15) is 12.0 Å². The molecule has 0 atom stereocenters. The van der Waals surface area contributed by atoms with E-state index >= 15 is 0 Å². The van der Waals surface area contributed by atoms with Gasteiger partial charge in [-0.1, -0.05) is 12.1 Å². The van der Waals surface area contributed by atoms with Crippen LogP contribution in [0.4, 0.5) is 0 Å². The largest absolute Gasteiger partial charge is 0.385 e. The molecular weight excluding hydrogens is 192 g/mol. The zero-order valence-electron chi connectivity index (χ0n) is 8.32. The average molecular weight is 206 g/mol. The molecule has 0 aromatic heterocycles. The summed E-state index contributed by atoms with van der Waals surface area (Å²) in [6.07, 6.45) is 2.23. The molecule has 1 heterocycles. The van der Waals surface area contributed by atoms with E-state index in [9.17, 15) is 0 Å². The lowest BCUT2D eigenvalue weighted by Crippen LogP contribution is -1.90. The molecule has 1 nitrogen and oxygen atoms in total. The Kier molecular flexibility index (Phi) is 3.17. The molecule has 0 saturated heterocycles. The van der Waals surface area contributed by atoms with Gasteiger partial charge in [0.1, 0.15) is 0 Å². The first kappa shape index (κ1) is 9.69. The minimum atomic E-state index is 0.851. The number of hydrogen-bond acceptors (Lipinski definition) is 2. The maximum Gasteiger partial charge on any atom is 0.0465 e. The van der Waals surface area contributed by atoms with Crippen molar-refractivity contribution in [2.45, 2.75) is 12.8 Å². The zero-order chi connectivity index (χ0) is 9.80. The summed E-state index contributed by atoms with van der Waals surface area (Å²) in [5.41, 5.74) is 4.15. The molecule has 74 valence electrons. The first-order valence-electron chi connectivity index (χ1n) is 4.84. The van der Waals surface area contributed by atoms with E-state index in [4.69, 9.17) is 4.74 Å². The molecule has 0 fully saturated rings. The van der Waals surface area contributed by atoms with Gasteiger partial charge in [-0.2, -0.15) is 11.3 Å². The zero-order valence-corrected chi connectivity index (χ0v) is 9.14. The van der Waals surface area contributed by atoms with Crippen LogP contribution in [-0.4, -0.2) is 13.7 Å². The fourth-order valence-electron chi connectivity index (χ4n) is 1.64. The Balaban J connectivity index is 2.08. The van der Waals surface area contributed by atoms with Gasteiger partial charge >= 0.3 is 0 Å². The third-order valence-electron chi connectivity index (χ3n) is 2.35. The first-order valence-corrected chi connectivity index (χ1v) is 5.78. The normalized spacial score (nSPS) is 10.9. The second-order valence-electron chi connectivity index (χ2n) is 3.43. The van der Waals surface area contributed by atoms with Crippen molar-refractivity contribution in [3.05, 3.63) is 34.5 Å². The predicted octanol–water partition coefficient (Wildman–Crippen LogP) is 3.43. The van der Waals surface area contributed by atoms with Crippen LogP contribution in [0.15, 0.2) is 29.0 Å². The van der Waals surface area contributed by atoms with E-state index < -0.39 is 0 Å². The fraction of sp³-hybridized carbons (Fsp3) is 0.333. The summed E-state index contributed by atoms with van der Waals surface area (Å²) in [5, 5.41) is 4.33. The number of rotatable bonds is 4. The van der Waals surface area contributed by atoms with Crippen molar-refractivity contribution in [1.29, 1.82) is 0 Å². The van der Waals surface area contributed by atoms with Gasteiger partial charge in [-0.3, -0.25) is 0 Å². The fourth-order valence-corrected chi connectivity index (χ4v) is 2.30. The molecule has 0 spiro atoms. The van der Waals surface area contributed by atoms with Crippen LogP contribution in [0.3, 0.4) is 0 Å². The highest BCUT2D eigenvalue weighted by Crippen LogP contribution is 2.27. The Morgan fingerprint density at radius 1 is 1.29 bits per heavy atom. The van der Waals surface area contributed by atoms with E-state index in [1.165, 1.54) is 16.7 Å². The second-order valence-corrected chi connectivity index (χ2v) is 4.21. The topological polar surface area (TPSA) is 9.23 Å². The molecular formula is C12H14OS. The lowest BCUT2D eigenvalue weighted by Gasteiger charge is -1.95. The Hall–Kier alpha value is -0.860. The predicted molar refractivity (Wildman–Crippen MR) is 61.1 cm³/mol. The van der Waals surface area contributed by atoms with E-state index in [0.29, 0.717) is 0 Å². The Morgan fingerprint density at radius 2 is 2.14 bits per heavy atom. The van der Waals surface area contributed by atoms with Crippen molar-refractivity contribution >= 4 is 11.3 Å². The van der Waals surface area contributed by atoms with Crippen molar-refractivity contribution in [3.8, 4) is 11.1 Å². The van der Waals surface area contributed by atoms with Crippen LogP contribution < -0.4 is 0 Å². The molecule has 0 saturated carbocycles. The van der Waals surface area contributed by atoms with E-state index in [2.05, 4.69) is 29.0 Å². The van der Waals surface area contributed by atoms with Crippen LogP contribution in [0.2, 0.25) is 0 Å². The molecule has 2 aliphatic rings. The van der Waals surface area contributed by atoms with Gasteiger partial charge in [-0.25, -0.2) is 0 Å². The minimum absolute atomic E-state index is 0.851. The summed E-state index contributed by atoms with van der Waals surface area (Å²) in [5.74, 6) is 0. The van der Waals surface area contributed by atoms with Gasteiger partial charge in [0.05, 0.1) is 0 Å². The average Bonchev–Trinajstić information content (AvgIpc) is 2.60. The van der Waals surface area contributed by atoms with E-state index in [0.717, 1.165) is 19.4 Å². The van der Waals surface area contributed by atoms with Gasteiger partial charge in [0.25, 0.3) is 0 Å². The van der Waals surface area contributed by atoms with Crippen LogP contribution in [0, 0.1) is 0 Å². The van der Waals surface area contributed by atoms with E-state index in [1.54, 1.807) is 18.4 Å². The third-order valence-corrected chi connectivity index (χ3v) is 3.03. The molecule has 0 N–H and O–H groups in total. The monoisotopic (exact) mass is 206 g/mol.